The Morgan fingerprint density at radius 2 is 2.04 bits per heavy atom. The highest BCUT2D eigenvalue weighted by Gasteiger charge is 2.25. The Morgan fingerprint density at radius 1 is 1.25 bits per heavy atom. The average molecular weight is 409 g/mol. The minimum atomic E-state index is -0.191. The molecule has 2 heterocycles. The second kappa shape index (κ2) is 10.8. The van der Waals surface area contributed by atoms with E-state index in [9.17, 15) is 9.59 Å². The summed E-state index contributed by atoms with van der Waals surface area (Å²) in [6, 6.07) is 8.76. The highest BCUT2D eigenvalue weighted by Crippen LogP contribution is 2.19. The third-order valence-corrected chi connectivity index (χ3v) is 5.77. The molecule has 2 aliphatic rings. The summed E-state index contributed by atoms with van der Waals surface area (Å²) in [7, 11) is 0. The number of halogens is 1. The van der Waals surface area contributed by atoms with Gasteiger partial charge in [0.2, 0.25) is 11.8 Å². The van der Waals surface area contributed by atoms with Crippen molar-refractivity contribution in [3.63, 3.8) is 0 Å². The number of amides is 2. The van der Waals surface area contributed by atoms with Crippen LogP contribution >= 0.6 is 12.4 Å². The smallest absolute Gasteiger partial charge is 0.223 e. The van der Waals surface area contributed by atoms with Gasteiger partial charge >= 0.3 is 0 Å². The van der Waals surface area contributed by atoms with Crippen LogP contribution in [0.15, 0.2) is 24.3 Å². The van der Waals surface area contributed by atoms with E-state index >= 15 is 0 Å². The predicted octanol–water partition coefficient (Wildman–Crippen LogP) is 1.81. The molecule has 1 aromatic rings. The molecule has 156 valence electrons. The molecule has 2 fully saturated rings. The van der Waals surface area contributed by atoms with Crippen LogP contribution < -0.4 is 16.4 Å². The zero-order valence-electron chi connectivity index (χ0n) is 16.7. The summed E-state index contributed by atoms with van der Waals surface area (Å²) >= 11 is 0. The van der Waals surface area contributed by atoms with Crippen molar-refractivity contribution in [1.82, 2.24) is 15.5 Å². The van der Waals surface area contributed by atoms with Crippen LogP contribution in [0.5, 0.6) is 0 Å². The number of likely N-dealkylation sites (tertiary alicyclic amines) is 1. The van der Waals surface area contributed by atoms with Crippen molar-refractivity contribution in [2.45, 2.75) is 51.7 Å². The largest absolute Gasteiger partial charge is 0.369 e. The first-order valence-electron chi connectivity index (χ1n) is 10.1. The Hall–Kier alpha value is -1.63. The summed E-state index contributed by atoms with van der Waals surface area (Å²) in [6.45, 7) is 6.16. The van der Waals surface area contributed by atoms with E-state index in [-0.39, 0.29) is 36.1 Å². The summed E-state index contributed by atoms with van der Waals surface area (Å²) < 4.78 is 0. The zero-order valence-corrected chi connectivity index (χ0v) is 17.5. The van der Waals surface area contributed by atoms with E-state index in [4.69, 9.17) is 5.73 Å². The first kappa shape index (κ1) is 22.7. The molecule has 6 nitrogen and oxygen atoms in total. The maximum atomic E-state index is 12.4. The van der Waals surface area contributed by atoms with Crippen molar-refractivity contribution >= 4 is 24.2 Å². The monoisotopic (exact) mass is 408 g/mol. The van der Waals surface area contributed by atoms with Crippen LogP contribution in [0.25, 0.3) is 0 Å². The molecule has 1 unspecified atom stereocenters. The maximum Gasteiger partial charge on any atom is 0.223 e. The van der Waals surface area contributed by atoms with E-state index in [1.54, 1.807) is 0 Å². The van der Waals surface area contributed by atoms with E-state index in [2.05, 4.69) is 40.7 Å². The van der Waals surface area contributed by atoms with Gasteiger partial charge in [-0.15, -0.1) is 12.4 Å². The van der Waals surface area contributed by atoms with Crippen molar-refractivity contribution in [3.8, 4) is 0 Å². The lowest BCUT2D eigenvalue weighted by atomic mass is 9.92. The van der Waals surface area contributed by atoms with Crippen molar-refractivity contribution in [2.75, 3.05) is 19.6 Å². The molecule has 0 aliphatic carbocycles. The van der Waals surface area contributed by atoms with Gasteiger partial charge in [0.1, 0.15) is 0 Å². The van der Waals surface area contributed by atoms with Gasteiger partial charge in [-0.05, 0) is 56.8 Å². The Morgan fingerprint density at radius 3 is 2.79 bits per heavy atom. The molecule has 4 N–H and O–H groups in total. The molecule has 28 heavy (non-hydrogen) atoms. The fourth-order valence-corrected chi connectivity index (χ4v) is 4.23. The fraction of sp³-hybridized carbons (Fsp3) is 0.619. The summed E-state index contributed by atoms with van der Waals surface area (Å²) in [5, 5.41) is 6.48. The first-order chi connectivity index (χ1) is 13.0. The number of piperidine rings is 2. The van der Waals surface area contributed by atoms with Gasteiger partial charge in [0.25, 0.3) is 0 Å². The maximum absolute atomic E-state index is 12.4. The molecular weight excluding hydrogens is 376 g/mol. The molecule has 2 saturated heterocycles. The highest BCUT2D eigenvalue weighted by molar-refractivity contribution is 5.85. The second-order valence-corrected chi connectivity index (χ2v) is 8.09. The molecule has 2 amide bonds. The first-order valence-corrected chi connectivity index (χ1v) is 10.1. The number of nitrogens with zero attached hydrogens (tertiary/aromatic N) is 1. The van der Waals surface area contributed by atoms with Crippen LogP contribution in [-0.2, 0) is 22.7 Å². The van der Waals surface area contributed by atoms with Gasteiger partial charge in [-0.2, -0.15) is 0 Å². The van der Waals surface area contributed by atoms with Crippen LogP contribution in [0, 0.1) is 11.8 Å². The number of hydrogen-bond donors (Lipinski definition) is 3. The summed E-state index contributed by atoms with van der Waals surface area (Å²) in [4.78, 5) is 26.2. The van der Waals surface area contributed by atoms with Gasteiger partial charge in [-0.25, -0.2) is 0 Å². The third kappa shape index (κ3) is 6.47. The lowest BCUT2D eigenvalue weighted by Crippen LogP contribution is -2.42. The molecule has 0 spiro atoms. The fourth-order valence-electron chi connectivity index (χ4n) is 4.23. The predicted molar refractivity (Wildman–Crippen MR) is 113 cm³/mol. The van der Waals surface area contributed by atoms with Gasteiger partial charge in [-0.1, -0.05) is 24.3 Å². The van der Waals surface area contributed by atoms with Crippen molar-refractivity contribution < 1.29 is 9.59 Å². The highest BCUT2D eigenvalue weighted by atomic mass is 35.5. The quantitative estimate of drug-likeness (QED) is 0.669. The molecule has 0 radical (unpaired) electrons. The van der Waals surface area contributed by atoms with Crippen LogP contribution in [0.4, 0.5) is 0 Å². The Kier molecular flexibility index (Phi) is 8.73. The number of nitrogens with one attached hydrogen (secondary N) is 2. The van der Waals surface area contributed by atoms with Gasteiger partial charge in [0.15, 0.2) is 0 Å². The number of carbonyl (C=O) groups is 2. The van der Waals surface area contributed by atoms with E-state index in [0.29, 0.717) is 12.6 Å². The second-order valence-electron chi connectivity index (χ2n) is 8.09. The van der Waals surface area contributed by atoms with Gasteiger partial charge < -0.3 is 16.4 Å². The molecule has 0 aromatic heterocycles. The number of benzene rings is 1. The summed E-state index contributed by atoms with van der Waals surface area (Å²) in [5.41, 5.74) is 7.80. The molecule has 7 heteroatoms. The SMILES string of the molecule is C[C@H]1C[C@@H](C(=O)NCc2cccc(CN3CCCC(C(N)=O)C3)c2)CCN1.Cl. The number of hydrogen-bond acceptors (Lipinski definition) is 4. The lowest BCUT2D eigenvalue weighted by Gasteiger charge is -2.31. The summed E-state index contributed by atoms with van der Waals surface area (Å²) in [6.07, 6.45) is 3.72. The molecule has 2 aliphatic heterocycles. The minimum Gasteiger partial charge on any atom is -0.369 e. The molecule has 0 bridgehead atoms. The van der Waals surface area contributed by atoms with E-state index < -0.39 is 0 Å². The topological polar surface area (TPSA) is 87.5 Å². The standard InChI is InChI=1S/C21H32N4O2.ClH/c1-15-10-18(7-8-23-15)21(27)24-12-16-4-2-5-17(11-16)13-25-9-3-6-19(14-25)20(22)26;/h2,4-5,11,15,18-19,23H,3,6-10,12-14H2,1H3,(H2,22,26)(H,24,27);1H/t15-,18-,19?;/m0./s1. The van der Waals surface area contributed by atoms with Gasteiger partial charge in [-0.3, -0.25) is 14.5 Å². The van der Waals surface area contributed by atoms with Crippen LogP contribution in [0.3, 0.4) is 0 Å². The minimum absolute atomic E-state index is 0. The van der Waals surface area contributed by atoms with Gasteiger partial charge in [0.05, 0.1) is 5.92 Å². The van der Waals surface area contributed by atoms with Crippen molar-refractivity contribution in [3.05, 3.63) is 35.4 Å². The van der Waals surface area contributed by atoms with Crippen LogP contribution in [-0.4, -0.2) is 42.4 Å². The molecule has 1 aromatic carbocycles. The summed E-state index contributed by atoms with van der Waals surface area (Å²) in [5.74, 6) is 0.0505. The average Bonchev–Trinajstić information content (AvgIpc) is 2.66. The zero-order chi connectivity index (χ0) is 19.2. The number of nitrogens with two attached hydrogens (primary N) is 1. The molecule has 3 rings (SSSR count). The molecule has 3 atom stereocenters. The van der Waals surface area contributed by atoms with E-state index in [1.807, 2.05) is 6.07 Å². The van der Waals surface area contributed by atoms with Crippen molar-refractivity contribution in [1.29, 1.82) is 0 Å². The third-order valence-electron chi connectivity index (χ3n) is 5.77. The molecular formula is C21H33ClN4O2. The van der Waals surface area contributed by atoms with Gasteiger partial charge in [0, 0.05) is 31.6 Å². The van der Waals surface area contributed by atoms with Crippen molar-refractivity contribution in [2.24, 2.45) is 17.6 Å². The normalized spacial score (nSPS) is 25.5. The molecule has 0 saturated carbocycles. The van der Waals surface area contributed by atoms with Crippen LogP contribution in [0.1, 0.15) is 43.7 Å². The number of carbonyl (C=O) groups excluding carboxylic acids is 2. The number of rotatable bonds is 6. The van der Waals surface area contributed by atoms with Crippen LogP contribution in [0.2, 0.25) is 0 Å². The Bertz CT molecular complexity index is 670. The number of primary amides is 1. The Balaban J connectivity index is 0.00000280. The van der Waals surface area contributed by atoms with E-state index in [1.165, 1.54) is 5.56 Å². The lowest BCUT2D eigenvalue weighted by molar-refractivity contribution is -0.126. The Labute approximate surface area is 174 Å². The van der Waals surface area contributed by atoms with E-state index in [0.717, 1.165) is 57.4 Å².